The normalized spacial score (nSPS) is 15.5. The summed E-state index contributed by atoms with van der Waals surface area (Å²) in [7, 11) is 0. The number of rotatable bonds is 2. The number of hydrogen-bond donors (Lipinski definition) is 1. The van der Waals surface area contributed by atoms with Crippen LogP contribution >= 0.6 is 0 Å². The Hall–Kier alpha value is -2.22. The minimum absolute atomic E-state index is 0.120. The second-order valence-electron chi connectivity index (χ2n) is 5.42. The van der Waals surface area contributed by atoms with Crippen LogP contribution in [0.15, 0.2) is 24.4 Å². The lowest BCUT2D eigenvalue weighted by Crippen LogP contribution is -2.32. The number of fused-ring (bicyclic) bond motifs is 1. The monoisotopic (exact) mass is 326 g/mol. The second-order valence-corrected chi connectivity index (χ2v) is 5.42. The van der Waals surface area contributed by atoms with Gasteiger partial charge in [0, 0.05) is 43.4 Å². The van der Waals surface area contributed by atoms with E-state index in [1.54, 1.807) is 11.1 Å². The van der Waals surface area contributed by atoms with Crippen LogP contribution in [0.25, 0.3) is 0 Å². The molecule has 1 aromatic carbocycles. The molecule has 0 radical (unpaired) electrons. The van der Waals surface area contributed by atoms with Gasteiger partial charge in [-0.15, -0.1) is 0 Å². The molecule has 122 valence electrons. The van der Waals surface area contributed by atoms with Crippen molar-refractivity contribution in [3.8, 4) is 0 Å². The zero-order valence-corrected chi connectivity index (χ0v) is 12.1. The summed E-state index contributed by atoms with van der Waals surface area (Å²) in [5, 5.41) is 0. The van der Waals surface area contributed by atoms with Crippen LogP contribution < -0.4 is 5.73 Å². The molecule has 1 aromatic heterocycles. The number of benzene rings is 1. The maximum atomic E-state index is 13.9. The molecule has 0 spiro atoms. The number of aromatic nitrogens is 2. The molecule has 2 aromatic rings. The molecule has 0 unspecified atom stereocenters. The fourth-order valence-corrected chi connectivity index (χ4v) is 2.73. The van der Waals surface area contributed by atoms with Crippen molar-refractivity contribution in [2.45, 2.75) is 25.7 Å². The topological polar surface area (TPSA) is 55.0 Å². The van der Waals surface area contributed by atoms with Gasteiger partial charge in [0.1, 0.15) is 5.82 Å². The smallest absolute Gasteiger partial charge is 0.368 e. The summed E-state index contributed by atoms with van der Waals surface area (Å²) >= 11 is 0. The number of anilines is 1. The van der Waals surface area contributed by atoms with Gasteiger partial charge in [0.25, 0.3) is 0 Å². The van der Waals surface area contributed by atoms with E-state index in [0.29, 0.717) is 19.5 Å². The highest BCUT2D eigenvalue weighted by Crippen LogP contribution is 2.34. The molecule has 3 rings (SSSR count). The average molecular weight is 326 g/mol. The number of nitrogen functional groups attached to an aromatic ring is 1. The third-order valence-electron chi connectivity index (χ3n) is 3.84. The molecule has 1 aliphatic rings. The molecule has 2 heterocycles. The van der Waals surface area contributed by atoms with Crippen LogP contribution in [-0.2, 0) is 25.7 Å². The summed E-state index contributed by atoms with van der Waals surface area (Å²) in [6.07, 6.45) is -2.48. The SMILES string of the molecule is Nc1ncc2c(n1)CCN(Cc1c(F)cccc1C(F)(F)F)C2. The zero-order valence-electron chi connectivity index (χ0n) is 12.1. The van der Waals surface area contributed by atoms with Crippen LogP contribution in [0.2, 0.25) is 0 Å². The molecule has 1 aliphatic heterocycles. The van der Waals surface area contributed by atoms with E-state index in [9.17, 15) is 17.6 Å². The lowest BCUT2D eigenvalue weighted by Gasteiger charge is -2.29. The van der Waals surface area contributed by atoms with E-state index in [2.05, 4.69) is 9.97 Å². The fourth-order valence-electron chi connectivity index (χ4n) is 2.73. The highest BCUT2D eigenvalue weighted by molar-refractivity contribution is 5.32. The molecule has 2 N–H and O–H groups in total. The Morgan fingerprint density at radius 3 is 2.78 bits per heavy atom. The van der Waals surface area contributed by atoms with Crippen molar-refractivity contribution in [3.05, 3.63) is 52.6 Å². The van der Waals surface area contributed by atoms with Crippen molar-refractivity contribution in [1.29, 1.82) is 0 Å². The van der Waals surface area contributed by atoms with Gasteiger partial charge in [-0.05, 0) is 12.1 Å². The Morgan fingerprint density at radius 1 is 1.26 bits per heavy atom. The molecule has 4 nitrogen and oxygen atoms in total. The van der Waals surface area contributed by atoms with Gasteiger partial charge in [-0.3, -0.25) is 4.90 Å². The van der Waals surface area contributed by atoms with E-state index in [4.69, 9.17) is 5.73 Å². The lowest BCUT2D eigenvalue weighted by atomic mass is 10.0. The largest absolute Gasteiger partial charge is 0.416 e. The molecular weight excluding hydrogens is 312 g/mol. The first kappa shape index (κ1) is 15.7. The van der Waals surface area contributed by atoms with E-state index in [1.165, 1.54) is 0 Å². The van der Waals surface area contributed by atoms with Gasteiger partial charge in [-0.25, -0.2) is 14.4 Å². The third kappa shape index (κ3) is 3.26. The first-order valence-corrected chi connectivity index (χ1v) is 7.02. The van der Waals surface area contributed by atoms with Crippen LogP contribution in [0.5, 0.6) is 0 Å². The predicted octanol–water partition coefficient (Wildman–Crippen LogP) is 2.78. The summed E-state index contributed by atoms with van der Waals surface area (Å²) in [6, 6.07) is 3.02. The van der Waals surface area contributed by atoms with Crippen LogP contribution in [0.1, 0.15) is 22.4 Å². The Balaban J connectivity index is 1.85. The van der Waals surface area contributed by atoms with Crippen molar-refractivity contribution < 1.29 is 17.6 Å². The number of halogens is 4. The lowest BCUT2D eigenvalue weighted by molar-refractivity contribution is -0.138. The Morgan fingerprint density at radius 2 is 2.04 bits per heavy atom. The van der Waals surface area contributed by atoms with Gasteiger partial charge in [0.05, 0.1) is 11.3 Å². The van der Waals surface area contributed by atoms with Gasteiger partial charge in [-0.1, -0.05) is 6.07 Å². The van der Waals surface area contributed by atoms with Crippen LogP contribution in [0.3, 0.4) is 0 Å². The third-order valence-corrected chi connectivity index (χ3v) is 3.84. The minimum Gasteiger partial charge on any atom is -0.368 e. The zero-order chi connectivity index (χ0) is 16.6. The molecule has 23 heavy (non-hydrogen) atoms. The number of nitrogens with two attached hydrogens (primary N) is 1. The molecule has 0 bridgehead atoms. The van der Waals surface area contributed by atoms with Crippen LogP contribution in [0, 0.1) is 5.82 Å². The first-order valence-electron chi connectivity index (χ1n) is 7.02. The van der Waals surface area contributed by atoms with Crippen LogP contribution in [0.4, 0.5) is 23.5 Å². The molecule has 8 heteroatoms. The van der Waals surface area contributed by atoms with E-state index in [1.807, 2.05) is 0 Å². The van der Waals surface area contributed by atoms with Gasteiger partial charge in [-0.2, -0.15) is 13.2 Å². The number of hydrogen-bond acceptors (Lipinski definition) is 4. The molecule has 0 atom stereocenters. The molecule has 0 fully saturated rings. The quantitative estimate of drug-likeness (QED) is 0.862. The van der Waals surface area contributed by atoms with Gasteiger partial charge >= 0.3 is 6.18 Å². The summed E-state index contributed by atoms with van der Waals surface area (Å²) in [6.45, 7) is 0.724. The number of nitrogens with zero attached hydrogens (tertiary/aromatic N) is 3. The standard InChI is InChI=1S/C15H14F4N4/c16-12-3-1-2-11(15(17,18)19)10(12)8-23-5-4-13-9(7-23)6-21-14(20)22-13/h1-3,6H,4-5,7-8H2,(H2,20,21,22). The summed E-state index contributed by atoms with van der Waals surface area (Å²) < 4.78 is 53.1. The fraction of sp³-hybridized carbons (Fsp3) is 0.333. The van der Waals surface area contributed by atoms with E-state index in [0.717, 1.165) is 29.5 Å². The van der Waals surface area contributed by atoms with Gasteiger partial charge in [0.2, 0.25) is 5.95 Å². The van der Waals surface area contributed by atoms with Crippen LogP contribution in [-0.4, -0.2) is 21.4 Å². The summed E-state index contributed by atoms with van der Waals surface area (Å²) in [4.78, 5) is 9.76. The highest BCUT2D eigenvalue weighted by atomic mass is 19.4. The van der Waals surface area contributed by atoms with Crippen molar-refractivity contribution in [2.75, 3.05) is 12.3 Å². The first-order chi connectivity index (χ1) is 10.8. The van der Waals surface area contributed by atoms with Gasteiger partial charge < -0.3 is 5.73 Å². The number of alkyl halides is 3. The summed E-state index contributed by atoms with van der Waals surface area (Å²) in [5.74, 6) is -0.676. The summed E-state index contributed by atoms with van der Waals surface area (Å²) in [5.41, 5.74) is 5.84. The maximum Gasteiger partial charge on any atom is 0.416 e. The second kappa shape index (κ2) is 5.77. The Bertz CT molecular complexity index is 730. The van der Waals surface area contributed by atoms with E-state index in [-0.39, 0.29) is 18.1 Å². The van der Waals surface area contributed by atoms with E-state index < -0.39 is 17.6 Å². The predicted molar refractivity (Wildman–Crippen MR) is 75.7 cm³/mol. The van der Waals surface area contributed by atoms with Crippen molar-refractivity contribution in [2.24, 2.45) is 0 Å². The van der Waals surface area contributed by atoms with Crippen molar-refractivity contribution >= 4 is 5.95 Å². The Kier molecular flexibility index (Phi) is 3.93. The Labute approximate surface area is 130 Å². The molecule has 0 aliphatic carbocycles. The van der Waals surface area contributed by atoms with Gasteiger partial charge in [0.15, 0.2) is 0 Å². The molecule has 0 amide bonds. The molecule has 0 saturated heterocycles. The van der Waals surface area contributed by atoms with Crippen molar-refractivity contribution in [3.63, 3.8) is 0 Å². The average Bonchev–Trinajstić information content (AvgIpc) is 2.48. The molecule has 0 saturated carbocycles. The molecular formula is C15H14F4N4. The highest BCUT2D eigenvalue weighted by Gasteiger charge is 2.35. The maximum absolute atomic E-state index is 13.9. The minimum atomic E-state index is -4.58. The van der Waals surface area contributed by atoms with E-state index >= 15 is 0 Å². The van der Waals surface area contributed by atoms with Crippen molar-refractivity contribution in [1.82, 2.24) is 14.9 Å².